The third kappa shape index (κ3) is 4.76. The van der Waals surface area contributed by atoms with E-state index in [1.54, 1.807) is 6.20 Å². The topological polar surface area (TPSA) is 102 Å². The highest BCUT2D eigenvalue weighted by Crippen LogP contribution is 2.39. The zero-order valence-corrected chi connectivity index (χ0v) is 19.4. The molecule has 2 aliphatic rings. The number of amides is 1. The Hall–Kier alpha value is -2.98. The molecule has 1 aromatic carbocycles. The molecule has 2 aromatic heterocycles. The van der Waals surface area contributed by atoms with Crippen molar-refractivity contribution in [3.63, 3.8) is 0 Å². The van der Waals surface area contributed by atoms with Crippen LogP contribution in [-0.2, 0) is 0 Å². The summed E-state index contributed by atoms with van der Waals surface area (Å²) in [6.45, 7) is 3.33. The maximum absolute atomic E-state index is 12.7. The van der Waals surface area contributed by atoms with Crippen LogP contribution in [0.4, 0.5) is 23.3 Å². The lowest BCUT2D eigenvalue weighted by atomic mass is 10.1. The summed E-state index contributed by atoms with van der Waals surface area (Å²) in [5.74, 6) is 2.48. The minimum Gasteiger partial charge on any atom is -0.336 e. The maximum atomic E-state index is 12.7. The molecule has 1 amide bonds. The monoisotopic (exact) mass is 496 g/mol. The van der Waals surface area contributed by atoms with E-state index < -0.39 is 0 Å². The van der Waals surface area contributed by atoms with Gasteiger partial charge in [-0.2, -0.15) is 10.1 Å². The predicted molar refractivity (Wildman–Crippen MR) is 127 cm³/mol. The zero-order valence-electron chi connectivity index (χ0n) is 17.8. The first-order valence-electron chi connectivity index (χ1n) is 10.7. The summed E-state index contributed by atoms with van der Waals surface area (Å²) in [4.78, 5) is 25.8. The van der Waals surface area contributed by atoms with Crippen molar-refractivity contribution in [1.29, 1.82) is 0 Å². The Morgan fingerprint density at radius 2 is 1.88 bits per heavy atom. The van der Waals surface area contributed by atoms with Gasteiger partial charge in [-0.15, -0.1) is 0 Å². The van der Waals surface area contributed by atoms with E-state index in [-0.39, 0.29) is 5.91 Å². The van der Waals surface area contributed by atoms with Gasteiger partial charge in [0.05, 0.1) is 4.47 Å². The fourth-order valence-corrected chi connectivity index (χ4v) is 3.95. The number of carbonyl (C=O) groups is 1. The molecule has 0 radical (unpaired) electrons. The largest absolute Gasteiger partial charge is 0.336 e. The van der Waals surface area contributed by atoms with Crippen molar-refractivity contribution in [2.75, 3.05) is 43.9 Å². The van der Waals surface area contributed by atoms with Crippen molar-refractivity contribution in [2.45, 2.75) is 18.8 Å². The Labute approximate surface area is 194 Å². The molecule has 0 bridgehead atoms. The second-order valence-corrected chi connectivity index (χ2v) is 9.15. The number of likely N-dealkylation sites (N-methyl/N-ethyl adjacent to an activating group) is 1. The molecule has 1 aliphatic heterocycles. The molecule has 1 aliphatic carbocycles. The molecule has 1 saturated carbocycles. The van der Waals surface area contributed by atoms with Gasteiger partial charge in [0.15, 0.2) is 11.6 Å². The van der Waals surface area contributed by atoms with Gasteiger partial charge in [0, 0.05) is 61.3 Å². The van der Waals surface area contributed by atoms with E-state index in [4.69, 9.17) is 0 Å². The molecular formula is C22H25BrN8O. The number of piperazine rings is 1. The summed E-state index contributed by atoms with van der Waals surface area (Å²) in [6.07, 6.45) is 4.12. The molecule has 0 spiro atoms. The van der Waals surface area contributed by atoms with Gasteiger partial charge in [0.25, 0.3) is 5.91 Å². The normalized spacial score (nSPS) is 16.8. The summed E-state index contributed by atoms with van der Waals surface area (Å²) < 4.78 is 0.743. The number of hydrogen-bond donors (Lipinski definition) is 3. The molecule has 0 atom stereocenters. The van der Waals surface area contributed by atoms with Crippen molar-refractivity contribution in [1.82, 2.24) is 30.0 Å². The van der Waals surface area contributed by atoms with Gasteiger partial charge in [-0.05, 0) is 60.1 Å². The van der Waals surface area contributed by atoms with Gasteiger partial charge in [0.2, 0.25) is 5.95 Å². The standard InChI is InChI=1S/C22H25BrN8O/c1-30-8-10-31(11-9-30)21(32)15-4-6-16(7-5-15)25-22-24-13-17(23)20(27-22)26-19-12-18(28-29-19)14-2-3-14/h4-7,12-14H,2-3,8-11H2,1H3,(H3,24,25,26,27,28,29). The number of hydrogen-bond acceptors (Lipinski definition) is 7. The number of aromatic nitrogens is 4. The van der Waals surface area contributed by atoms with Crippen molar-refractivity contribution in [2.24, 2.45) is 0 Å². The molecule has 3 aromatic rings. The van der Waals surface area contributed by atoms with Gasteiger partial charge in [-0.25, -0.2) is 4.98 Å². The number of nitrogens with zero attached hydrogens (tertiary/aromatic N) is 5. The van der Waals surface area contributed by atoms with Crippen LogP contribution in [0.5, 0.6) is 0 Å². The van der Waals surface area contributed by atoms with Gasteiger partial charge >= 0.3 is 0 Å². The van der Waals surface area contributed by atoms with Crippen LogP contribution in [0.2, 0.25) is 0 Å². The summed E-state index contributed by atoms with van der Waals surface area (Å²) >= 11 is 3.49. The van der Waals surface area contributed by atoms with E-state index in [0.717, 1.165) is 47.9 Å². The molecule has 9 nitrogen and oxygen atoms in total. The van der Waals surface area contributed by atoms with Gasteiger partial charge in [0.1, 0.15) is 0 Å². The van der Waals surface area contributed by atoms with Crippen LogP contribution in [0.15, 0.2) is 41.0 Å². The molecule has 32 heavy (non-hydrogen) atoms. The third-order valence-electron chi connectivity index (χ3n) is 5.78. The van der Waals surface area contributed by atoms with Gasteiger partial charge in [-0.1, -0.05) is 0 Å². The Morgan fingerprint density at radius 1 is 1.12 bits per heavy atom. The number of halogens is 1. The zero-order chi connectivity index (χ0) is 22.1. The minimum absolute atomic E-state index is 0.0700. The van der Waals surface area contributed by atoms with Crippen LogP contribution in [0, 0.1) is 0 Å². The first-order valence-corrected chi connectivity index (χ1v) is 11.5. The van der Waals surface area contributed by atoms with Crippen molar-refractivity contribution >= 4 is 45.1 Å². The number of nitrogens with one attached hydrogen (secondary N) is 3. The Kier molecular flexibility index (Phi) is 5.79. The SMILES string of the molecule is CN1CCN(C(=O)c2ccc(Nc3ncc(Br)c(Nc4cc(C5CC5)[nH]n4)n3)cc2)CC1. The van der Waals surface area contributed by atoms with Crippen LogP contribution >= 0.6 is 15.9 Å². The fraction of sp³-hybridized carbons (Fsp3) is 0.364. The first-order chi connectivity index (χ1) is 15.5. The molecule has 10 heteroatoms. The van der Waals surface area contributed by atoms with E-state index in [2.05, 4.69) is 58.7 Å². The van der Waals surface area contributed by atoms with E-state index >= 15 is 0 Å². The predicted octanol–water partition coefficient (Wildman–Crippen LogP) is 3.71. The van der Waals surface area contributed by atoms with E-state index in [1.165, 1.54) is 12.8 Å². The lowest BCUT2D eigenvalue weighted by Gasteiger charge is -2.32. The average molecular weight is 497 g/mol. The lowest BCUT2D eigenvalue weighted by molar-refractivity contribution is 0.0664. The van der Waals surface area contributed by atoms with E-state index in [0.29, 0.717) is 23.2 Å². The number of anilines is 4. The van der Waals surface area contributed by atoms with Crippen LogP contribution in [-0.4, -0.2) is 69.1 Å². The van der Waals surface area contributed by atoms with Crippen molar-refractivity contribution in [3.05, 3.63) is 52.3 Å². The summed E-state index contributed by atoms with van der Waals surface area (Å²) in [5, 5.41) is 13.8. The average Bonchev–Trinajstić information content (AvgIpc) is 3.55. The molecule has 166 valence electrons. The van der Waals surface area contributed by atoms with E-state index in [1.807, 2.05) is 35.2 Å². The Balaban J connectivity index is 1.24. The Morgan fingerprint density at radius 3 is 2.59 bits per heavy atom. The second-order valence-electron chi connectivity index (χ2n) is 8.30. The third-order valence-corrected chi connectivity index (χ3v) is 6.36. The lowest BCUT2D eigenvalue weighted by Crippen LogP contribution is -2.47. The molecule has 3 N–H and O–H groups in total. The maximum Gasteiger partial charge on any atom is 0.253 e. The summed E-state index contributed by atoms with van der Waals surface area (Å²) in [6, 6.07) is 9.44. The highest BCUT2D eigenvalue weighted by Gasteiger charge is 2.25. The molecule has 0 unspecified atom stereocenters. The first kappa shape index (κ1) is 20.9. The summed E-state index contributed by atoms with van der Waals surface area (Å²) in [7, 11) is 2.08. The number of aromatic amines is 1. The number of rotatable bonds is 6. The second kappa shape index (κ2) is 8.87. The minimum atomic E-state index is 0.0700. The van der Waals surface area contributed by atoms with Crippen LogP contribution in [0.1, 0.15) is 34.8 Å². The smallest absolute Gasteiger partial charge is 0.253 e. The quantitative estimate of drug-likeness (QED) is 0.477. The number of H-pyrrole nitrogens is 1. The number of carbonyl (C=O) groups excluding carboxylic acids is 1. The highest BCUT2D eigenvalue weighted by atomic mass is 79.9. The van der Waals surface area contributed by atoms with Crippen LogP contribution in [0.25, 0.3) is 0 Å². The highest BCUT2D eigenvalue weighted by molar-refractivity contribution is 9.10. The molecular weight excluding hydrogens is 472 g/mol. The van der Waals surface area contributed by atoms with Gasteiger partial charge < -0.3 is 20.4 Å². The summed E-state index contributed by atoms with van der Waals surface area (Å²) in [5.41, 5.74) is 2.65. The van der Waals surface area contributed by atoms with Gasteiger partial charge in [-0.3, -0.25) is 9.89 Å². The number of benzene rings is 1. The van der Waals surface area contributed by atoms with E-state index in [9.17, 15) is 4.79 Å². The van der Waals surface area contributed by atoms with Crippen molar-refractivity contribution in [3.8, 4) is 0 Å². The molecule has 1 saturated heterocycles. The molecule has 5 rings (SSSR count). The van der Waals surface area contributed by atoms with Crippen LogP contribution in [0.3, 0.4) is 0 Å². The molecule has 2 fully saturated rings. The molecule has 3 heterocycles. The fourth-order valence-electron chi connectivity index (χ4n) is 3.66. The van der Waals surface area contributed by atoms with Crippen molar-refractivity contribution < 1.29 is 4.79 Å². The Bertz CT molecular complexity index is 1100. The van der Waals surface area contributed by atoms with Crippen LogP contribution < -0.4 is 10.6 Å².